The van der Waals surface area contributed by atoms with Crippen molar-refractivity contribution in [2.45, 2.75) is 6.61 Å². The van der Waals surface area contributed by atoms with E-state index in [-0.39, 0.29) is 0 Å². The summed E-state index contributed by atoms with van der Waals surface area (Å²) in [4.78, 5) is 0. The minimum atomic E-state index is 0.639. The van der Waals surface area contributed by atoms with Crippen molar-refractivity contribution in [3.05, 3.63) is 29.8 Å². The molecule has 0 bridgehead atoms. The molecule has 0 aromatic heterocycles. The molecule has 1 aliphatic heterocycles. The van der Waals surface area contributed by atoms with E-state index < -0.39 is 0 Å². The third-order valence-corrected chi connectivity index (χ3v) is 2.67. The maximum absolute atomic E-state index is 5.65. The van der Waals surface area contributed by atoms with E-state index in [1.54, 1.807) is 7.11 Å². The second-order valence-corrected chi connectivity index (χ2v) is 3.85. The van der Waals surface area contributed by atoms with Gasteiger partial charge in [-0.1, -0.05) is 18.2 Å². The summed E-state index contributed by atoms with van der Waals surface area (Å²) in [6.45, 7) is 3.66. The minimum Gasteiger partial charge on any atom is -0.496 e. The molecule has 0 atom stereocenters. The lowest BCUT2D eigenvalue weighted by molar-refractivity contribution is 0.0678. The largest absolute Gasteiger partial charge is 0.496 e. The highest BCUT2D eigenvalue weighted by atomic mass is 16.5. The van der Waals surface area contributed by atoms with E-state index in [4.69, 9.17) is 9.47 Å². The van der Waals surface area contributed by atoms with Crippen LogP contribution in [0.25, 0.3) is 0 Å². The molecule has 0 aliphatic carbocycles. The Morgan fingerprint density at radius 2 is 2.13 bits per heavy atom. The van der Waals surface area contributed by atoms with E-state index in [0.717, 1.165) is 31.0 Å². The Bertz CT molecular complexity index is 310. The van der Waals surface area contributed by atoms with Crippen LogP contribution in [0, 0.1) is 5.92 Å². The molecule has 1 aliphatic rings. The molecule has 1 N–H and O–H groups in total. The first-order chi connectivity index (χ1) is 7.40. The lowest BCUT2D eigenvalue weighted by Crippen LogP contribution is -2.44. The molecule has 1 aromatic rings. The van der Waals surface area contributed by atoms with Gasteiger partial charge in [0.25, 0.3) is 0 Å². The third kappa shape index (κ3) is 2.70. The van der Waals surface area contributed by atoms with Gasteiger partial charge in [-0.05, 0) is 6.07 Å². The van der Waals surface area contributed by atoms with Gasteiger partial charge in [-0.3, -0.25) is 0 Å². The number of hydrogen-bond donors (Lipinski definition) is 1. The van der Waals surface area contributed by atoms with E-state index in [9.17, 15) is 0 Å². The highest BCUT2D eigenvalue weighted by molar-refractivity contribution is 5.32. The van der Waals surface area contributed by atoms with E-state index in [1.165, 1.54) is 0 Å². The Balaban J connectivity index is 1.81. The third-order valence-electron chi connectivity index (χ3n) is 2.67. The summed E-state index contributed by atoms with van der Waals surface area (Å²) in [6, 6.07) is 7.98. The summed E-state index contributed by atoms with van der Waals surface area (Å²) in [5.41, 5.74) is 1.12. The number of benzene rings is 1. The van der Waals surface area contributed by atoms with Gasteiger partial charge in [0.1, 0.15) is 5.75 Å². The first-order valence-corrected chi connectivity index (χ1v) is 5.30. The molecular weight excluding hydrogens is 190 g/mol. The summed E-state index contributed by atoms with van der Waals surface area (Å²) < 4.78 is 10.9. The van der Waals surface area contributed by atoms with Gasteiger partial charge in [-0.2, -0.15) is 0 Å². The number of ether oxygens (including phenoxy) is 2. The molecule has 0 radical (unpaired) electrons. The molecule has 3 heteroatoms. The zero-order valence-corrected chi connectivity index (χ0v) is 9.03. The van der Waals surface area contributed by atoms with Crippen LogP contribution in [0.5, 0.6) is 5.75 Å². The van der Waals surface area contributed by atoms with E-state index >= 15 is 0 Å². The van der Waals surface area contributed by atoms with Gasteiger partial charge in [0.05, 0.1) is 20.3 Å². The van der Waals surface area contributed by atoms with Gasteiger partial charge < -0.3 is 14.8 Å². The molecule has 1 saturated heterocycles. The van der Waals surface area contributed by atoms with Crippen molar-refractivity contribution < 1.29 is 9.47 Å². The zero-order valence-electron chi connectivity index (χ0n) is 9.03. The molecule has 1 aromatic carbocycles. The van der Waals surface area contributed by atoms with Crippen LogP contribution in [-0.4, -0.2) is 26.8 Å². The summed E-state index contributed by atoms with van der Waals surface area (Å²) in [7, 11) is 1.69. The second kappa shape index (κ2) is 5.14. The predicted octanol–water partition coefficient (Wildman–Crippen LogP) is 1.43. The Kier molecular flexibility index (Phi) is 3.59. The number of nitrogens with one attached hydrogen (secondary N) is 1. The van der Waals surface area contributed by atoms with Crippen LogP contribution in [0.3, 0.4) is 0 Å². The average molecular weight is 207 g/mol. The standard InChI is InChI=1S/C12H17NO2/c1-14-12-5-3-2-4-11(12)9-15-8-10-6-13-7-10/h2-5,10,13H,6-9H2,1H3. The van der Waals surface area contributed by atoms with Gasteiger partial charge in [0.2, 0.25) is 0 Å². The van der Waals surface area contributed by atoms with Gasteiger partial charge >= 0.3 is 0 Å². The number of hydrogen-bond acceptors (Lipinski definition) is 3. The lowest BCUT2D eigenvalue weighted by atomic mass is 10.1. The normalized spacial score (nSPS) is 16.1. The summed E-state index contributed by atoms with van der Waals surface area (Å²) in [6.07, 6.45) is 0. The van der Waals surface area contributed by atoms with E-state index in [1.807, 2.05) is 24.3 Å². The molecule has 15 heavy (non-hydrogen) atoms. The molecule has 0 saturated carbocycles. The lowest BCUT2D eigenvalue weighted by Gasteiger charge is -2.26. The van der Waals surface area contributed by atoms with Crippen molar-refractivity contribution in [2.75, 3.05) is 26.8 Å². The molecule has 0 spiro atoms. The van der Waals surface area contributed by atoms with Crippen molar-refractivity contribution in [2.24, 2.45) is 5.92 Å². The van der Waals surface area contributed by atoms with Crippen molar-refractivity contribution in [3.8, 4) is 5.75 Å². The second-order valence-electron chi connectivity index (χ2n) is 3.85. The first kappa shape index (κ1) is 10.5. The number of para-hydroxylation sites is 1. The van der Waals surface area contributed by atoms with E-state index in [2.05, 4.69) is 5.32 Å². The molecule has 82 valence electrons. The van der Waals surface area contributed by atoms with Crippen LogP contribution in [0.1, 0.15) is 5.56 Å². The van der Waals surface area contributed by atoms with Gasteiger partial charge in [0, 0.05) is 24.6 Å². The number of methoxy groups -OCH3 is 1. The molecule has 0 unspecified atom stereocenters. The van der Waals surface area contributed by atoms with E-state index in [0.29, 0.717) is 12.5 Å². The van der Waals surface area contributed by atoms with Gasteiger partial charge in [-0.25, -0.2) is 0 Å². The predicted molar refractivity (Wildman–Crippen MR) is 59.0 cm³/mol. The summed E-state index contributed by atoms with van der Waals surface area (Å²) >= 11 is 0. The minimum absolute atomic E-state index is 0.639. The molecule has 0 amide bonds. The smallest absolute Gasteiger partial charge is 0.124 e. The molecule has 1 heterocycles. The maximum Gasteiger partial charge on any atom is 0.124 e. The van der Waals surface area contributed by atoms with Crippen LogP contribution in [0.15, 0.2) is 24.3 Å². The van der Waals surface area contributed by atoms with Crippen molar-refractivity contribution in [1.29, 1.82) is 0 Å². The fraction of sp³-hybridized carbons (Fsp3) is 0.500. The SMILES string of the molecule is COc1ccccc1COCC1CNC1. The van der Waals surface area contributed by atoms with Crippen molar-refractivity contribution in [1.82, 2.24) is 5.32 Å². The highest BCUT2D eigenvalue weighted by Gasteiger charge is 2.16. The molecule has 1 fully saturated rings. The Morgan fingerprint density at radius 1 is 1.33 bits per heavy atom. The van der Waals surface area contributed by atoms with Gasteiger partial charge in [-0.15, -0.1) is 0 Å². The average Bonchev–Trinajstić information content (AvgIpc) is 2.22. The molecular formula is C12H17NO2. The summed E-state index contributed by atoms with van der Waals surface area (Å²) in [5, 5.41) is 3.23. The monoisotopic (exact) mass is 207 g/mol. The highest BCUT2D eigenvalue weighted by Crippen LogP contribution is 2.18. The van der Waals surface area contributed by atoms with Gasteiger partial charge in [0.15, 0.2) is 0 Å². The van der Waals surface area contributed by atoms with Crippen LogP contribution < -0.4 is 10.1 Å². The van der Waals surface area contributed by atoms with Crippen molar-refractivity contribution >= 4 is 0 Å². The quantitative estimate of drug-likeness (QED) is 0.792. The Hall–Kier alpha value is -1.06. The van der Waals surface area contributed by atoms with Crippen LogP contribution >= 0.6 is 0 Å². The maximum atomic E-state index is 5.65. The Morgan fingerprint density at radius 3 is 2.80 bits per heavy atom. The molecule has 3 nitrogen and oxygen atoms in total. The van der Waals surface area contributed by atoms with Crippen LogP contribution in [0.2, 0.25) is 0 Å². The fourth-order valence-electron chi connectivity index (χ4n) is 1.62. The molecule has 2 rings (SSSR count). The summed E-state index contributed by atoms with van der Waals surface area (Å²) in [5.74, 6) is 1.60. The van der Waals surface area contributed by atoms with Crippen molar-refractivity contribution in [3.63, 3.8) is 0 Å². The van der Waals surface area contributed by atoms with Crippen LogP contribution in [-0.2, 0) is 11.3 Å². The van der Waals surface area contributed by atoms with Crippen LogP contribution in [0.4, 0.5) is 0 Å². The fourth-order valence-corrected chi connectivity index (χ4v) is 1.62. The Labute approximate surface area is 90.4 Å². The zero-order chi connectivity index (χ0) is 10.5. The first-order valence-electron chi connectivity index (χ1n) is 5.30. The number of rotatable bonds is 5. The topological polar surface area (TPSA) is 30.5 Å².